The fourth-order valence-electron chi connectivity index (χ4n) is 1.79. The second kappa shape index (κ2) is 5.61. The Morgan fingerprint density at radius 1 is 1.33 bits per heavy atom. The summed E-state index contributed by atoms with van der Waals surface area (Å²) in [6, 6.07) is 8.19. The van der Waals surface area contributed by atoms with Crippen LogP contribution in [0.25, 0.3) is 10.1 Å². The van der Waals surface area contributed by atoms with Gasteiger partial charge in [0.2, 0.25) is 0 Å². The van der Waals surface area contributed by atoms with Crippen LogP contribution in [0.2, 0.25) is 0 Å². The number of thiophene rings is 1. The Morgan fingerprint density at radius 2 is 2.11 bits per heavy atom. The number of hydrogen-bond acceptors (Lipinski definition) is 3. The normalized spacial score (nSPS) is 18.1. The van der Waals surface area contributed by atoms with Crippen molar-refractivity contribution in [2.75, 3.05) is 0 Å². The van der Waals surface area contributed by atoms with E-state index < -0.39 is 0 Å². The molecule has 1 unspecified atom stereocenters. The summed E-state index contributed by atoms with van der Waals surface area (Å²) >= 11 is 11.6. The molecule has 1 aliphatic rings. The van der Waals surface area contributed by atoms with Gasteiger partial charge in [-0.25, -0.2) is 0 Å². The average Bonchev–Trinajstić information content (AvgIpc) is 2.68. The first-order valence-electron chi connectivity index (χ1n) is 5.07. The average molecular weight is 364 g/mol. The highest BCUT2D eigenvalue weighted by molar-refractivity contribution is 9.10. The minimum Gasteiger partial charge on any atom is -0.352 e. The van der Waals surface area contributed by atoms with Gasteiger partial charge in [-0.15, -0.1) is 23.7 Å². The van der Waals surface area contributed by atoms with E-state index in [1.54, 1.807) is 23.9 Å². The van der Waals surface area contributed by atoms with Crippen molar-refractivity contribution in [1.29, 1.82) is 0 Å². The topological polar surface area (TPSA) is 24.4 Å². The van der Waals surface area contributed by atoms with Gasteiger partial charge in [-0.05, 0) is 22.0 Å². The molecule has 1 atom stereocenters. The molecule has 0 bridgehead atoms. The third-order valence-corrected chi connectivity index (χ3v) is 5.24. The first-order chi connectivity index (χ1) is 8.27. The molecule has 6 heteroatoms. The van der Waals surface area contributed by atoms with Crippen LogP contribution < -0.4 is 5.32 Å². The Kier molecular flexibility index (Phi) is 4.33. The zero-order chi connectivity index (χ0) is 11.8. The summed E-state index contributed by atoms with van der Waals surface area (Å²) in [5, 5.41) is 4.81. The Balaban J connectivity index is 0.00000120. The molecule has 1 N–H and O–H groups in total. The van der Waals surface area contributed by atoms with E-state index in [1.165, 1.54) is 10.1 Å². The first kappa shape index (κ1) is 13.9. The molecule has 1 aromatic heterocycles. The number of nitrogens with zero attached hydrogens (tertiary/aromatic N) is 1. The predicted molar refractivity (Wildman–Crippen MR) is 85.1 cm³/mol. The second-order valence-corrected chi connectivity index (χ2v) is 5.97. The molecule has 18 heavy (non-hydrogen) atoms. The van der Waals surface area contributed by atoms with E-state index in [2.05, 4.69) is 38.4 Å². The molecule has 0 amide bonds. The fourth-order valence-corrected chi connectivity index (χ4v) is 4.18. The van der Waals surface area contributed by atoms with Crippen molar-refractivity contribution < 1.29 is 0 Å². The van der Waals surface area contributed by atoms with Gasteiger partial charge in [0.25, 0.3) is 0 Å². The van der Waals surface area contributed by atoms with Crippen LogP contribution in [0.3, 0.4) is 0 Å². The third kappa shape index (κ3) is 2.30. The highest BCUT2D eigenvalue weighted by atomic mass is 79.9. The lowest BCUT2D eigenvalue weighted by Gasteiger charge is -2.14. The molecule has 0 fully saturated rings. The number of hydrogen-bond donors (Lipinski definition) is 1. The van der Waals surface area contributed by atoms with Crippen molar-refractivity contribution in [3.63, 3.8) is 0 Å². The number of fused-ring (bicyclic) bond motifs is 1. The van der Waals surface area contributed by atoms with Crippen LogP contribution in [0.4, 0.5) is 0 Å². The number of rotatable bonds is 1. The summed E-state index contributed by atoms with van der Waals surface area (Å²) in [4.78, 5) is 5.52. The summed E-state index contributed by atoms with van der Waals surface area (Å²) in [6.07, 6.45) is 3.45. The standard InChI is InChI=1S/C12H8BrClN2S.ClH/c13-10-7-3-1-2-4-9(7)17-12(10)11-8(14)5-15-6-16-11;/h1-6,11H,(H,15,16);1H. The molecular weight excluding hydrogens is 355 g/mol. The smallest absolute Gasteiger partial charge is 0.124 e. The second-order valence-electron chi connectivity index (χ2n) is 3.65. The van der Waals surface area contributed by atoms with Gasteiger partial charge in [0.05, 0.1) is 16.2 Å². The molecule has 2 aromatic rings. The number of aliphatic imine (C=N–C) groups is 1. The maximum absolute atomic E-state index is 6.19. The quantitative estimate of drug-likeness (QED) is 0.770. The predicted octanol–water partition coefficient (Wildman–Crippen LogP) is 4.84. The van der Waals surface area contributed by atoms with Crippen LogP contribution in [0, 0.1) is 0 Å². The minimum atomic E-state index is -0.0929. The maximum atomic E-state index is 6.19. The van der Waals surface area contributed by atoms with Crippen molar-refractivity contribution >= 4 is 67.7 Å². The van der Waals surface area contributed by atoms with Gasteiger partial charge in [-0.2, -0.15) is 0 Å². The molecule has 94 valence electrons. The van der Waals surface area contributed by atoms with Gasteiger partial charge < -0.3 is 5.32 Å². The third-order valence-electron chi connectivity index (χ3n) is 2.59. The Hall–Kier alpha value is -0.550. The van der Waals surface area contributed by atoms with Crippen molar-refractivity contribution in [1.82, 2.24) is 5.32 Å². The van der Waals surface area contributed by atoms with Crippen LogP contribution >= 0.6 is 51.3 Å². The Morgan fingerprint density at radius 3 is 2.83 bits per heavy atom. The zero-order valence-electron chi connectivity index (χ0n) is 9.06. The van der Waals surface area contributed by atoms with Crippen LogP contribution in [0.15, 0.2) is 45.0 Å². The summed E-state index contributed by atoms with van der Waals surface area (Å²) in [5.41, 5.74) is 0. The van der Waals surface area contributed by atoms with Crippen LogP contribution in [0.1, 0.15) is 10.9 Å². The first-order valence-corrected chi connectivity index (χ1v) is 7.06. The van der Waals surface area contributed by atoms with Gasteiger partial charge in [0.15, 0.2) is 0 Å². The number of benzene rings is 1. The Bertz CT molecular complexity index is 636. The van der Waals surface area contributed by atoms with E-state index in [-0.39, 0.29) is 18.4 Å². The SMILES string of the molecule is Cl.ClC1=CNC=NC1c1sc2ccccc2c1Br. The van der Waals surface area contributed by atoms with E-state index in [0.29, 0.717) is 5.03 Å². The van der Waals surface area contributed by atoms with Crippen LogP contribution in [0.5, 0.6) is 0 Å². The monoisotopic (exact) mass is 362 g/mol. The molecule has 0 saturated carbocycles. The van der Waals surface area contributed by atoms with Crippen LogP contribution in [-0.4, -0.2) is 6.34 Å². The van der Waals surface area contributed by atoms with E-state index in [4.69, 9.17) is 11.6 Å². The lowest BCUT2D eigenvalue weighted by Crippen LogP contribution is -2.11. The molecule has 0 radical (unpaired) electrons. The van der Waals surface area contributed by atoms with Crippen molar-refractivity contribution in [3.8, 4) is 0 Å². The molecule has 0 aliphatic carbocycles. The zero-order valence-corrected chi connectivity index (χ0v) is 13.0. The molecule has 2 nitrogen and oxygen atoms in total. The lowest BCUT2D eigenvalue weighted by atomic mass is 10.2. The minimum absolute atomic E-state index is 0. The summed E-state index contributed by atoms with van der Waals surface area (Å²) in [5.74, 6) is 0. The molecule has 0 spiro atoms. The summed E-state index contributed by atoms with van der Waals surface area (Å²) in [7, 11) is 0. The van der Waals surface area contributed by atoms with Crippen molar-refractivity contribution in [3.05, 3.63) is 44.8 Å². The summed E-state index contributed by atoms with van der Waals surface area (Å²) in [6.45, 7) is 0. The largest absolute Gasteiger partial charge is 0.352 e. The molecule has 3 rings (SSSR count). The van der Waals surface area contributed by atoms with Gasteiger partial charge in [-0.1, -0.05) is 29.8 Å². The van der Waals surface area contributed by atoms with Crippen molar-refractivity contribution in [2.45, 2.75) is 6.04 Å². The molecule has 1 aromatic carbocycles. The fraction of sp³-hybridized carbons (Fsp3) is 0.0833. The van der Waals surface area contributed by atoms with Crippen LogP contribution in [-0.2, 0) is 0 Å². The van der Waals surface area contributed by atoms with E-state index >= 15 is 0 Å². The molecule has 1 aliphatic heterocycles. The molecule has 0 saturated heterocycles. The van der Waals surface area contributed by atoms with E-state index in [1.807, 2.05) is 12.1 Å². The highest BCUT2D eigenvalue weighted by Crippen LogP contribution is 2.43. The van der Waals surface area contributed by atoms with Crippen molar-refractivity contribution in [2.24, 2.45) is 4.99 Å². The molecule has 2 heterocycles. The van der Waals surface area contributed by atoms with E-state index in [0.717, 1.165) is 9.35 Å². The van der Waals surface area contributed by atoms with Gasteiger partial charge in [0, 0.05) is 20.8 Å². The van der Waals surface area contributed by atoms with Gasteiger partial charge in [-0.3, -0.25) is 4.99 Å². The Labute approximate surface area is 128 Å². The maximum Gasteiger partial charge on any atom is 0.124 e. The number of halogens is 3. The highest BCUT2D eigenvalue weighted by Gasteiger charge is 2.22. The number of nitrogens with one attached hydrogen (secondary N) is 1. The van der Waals surface area contributed by atoms with E-state index in [9.17, 15) is 0 Å². The van der Waals surface area contributed by atoms with Gasteiger partial charge >= 0.3 is 0 Å². The lowest BCUT2D eigenvalue weighted by molar-refractivity contribution is 0.882. The van der Waals surface area contributed by atoms with Gasteiger partial charge in [0.1, 0.15) is 6.04 Å². The summed E-state index contributed by atoms with van der Waals surface area (Å²) < 4.78 is 2.33. The molecular formula is C12H9BrCl2N2S.